The Morgan fingerprint density at radius 3 is 0.752 bits per heavy atom. The molecule has 101 heavy (non-hydrogen) atoms. The predicted molar refractivity (Wildman–Crippen MR) is 414 cm³/mol. The molecule has 0 aliphatic heterocycles. The zero-order valence-corrected chi connectivity index (χ0v) is 68.2. The second kappa shape index (κ2) is 72.3. The van der Waals surface area contributed by atoms with E-state index in [-0.39, 0.29) is 25.7 Å². The Labute approximate surface area is 619 Å². The number of hydrogen-bond acceptors (Lipinski definition) is 15. The van der Waals surface area contributed by atoms with Gasteiger partial charge in [-0.15, -0.1) is 0 Å². The molecule has 17 nitrogen and oxygen atoms in total. The average molecular weight is 1480 g/mol. The number of carbonyl (C=O) groups is 4. The number of rotatable bonds is 80. The summed E-state index contributed by atoms with van der Waals surface area (Å²) in [6.45, 7) is 12.0. The van der Waals surface area contributed by atoms with Gasteiger partial charge in [-0.2, -0.15) is 0 Å². The maximum atomic E-state index is 13.1. The maximum Gasteiger partial charge on any atom is 0.472 e. The molecular weight excluding hydrogens is 1320 g/mol. The number of hydrogen-bond donors (Lipinski definition) is 3. The minimum absolute atomic E-state index is 0.104. The Hall–Kier alpha value is -1.94. The molecule has 0 aromatic heterocycles. The molecule has 0 saturated heterocycles. The molecule has 4 unspecified atom stereocenters. The number of carbonyl (C=O) groups excluding carboxylic acids is 4. The number of aliphatic hydroxyl groups excluding tert-OH is 1. The molecule has 0 rings (SSSR count). The van der Waals surface area contributed by atoms with E-state index in [0.717, 1.165) is 114 Å². The number of phosphoric ester groups is 2. The molecule has 0 bridgehead atoms. The highest BCUT2D eigenvalue weighted by atomic mass is 31.2. The first kappa shape index (κ1) is 99.1. The molecular formula is C82H160O17P2. The number of esters is 4. The van der Waals surface area contributed by atoms with Gasteiger partial charge in [-0.1, -0.05) is 376 Å². The fourth-order valence-electron chi connectivity index (χ4n) is 12.6. The smallest absolute Gasteiger partial charge is 0.462 e. The van der Waals surface area contributed by atoms with Gasteiger partial charge in [-0.25, -0.2) is 9.13 Å². The number of phosphoric acid groups is 2. The van der Waals surface area contributed by atoms with Gasteiger partial charge in [0.05, 0.1) is 26.4 Å². The van der Waals surface area contributed by atoms with Crippen LogP contribution in [-0.2, 0) is 65.4 Å². The van der Waals surface area contributed by atoms with E-state index in [2.05, 4.69) is 48.5 Å². The summed E-state index contributed by atoms with van der Waals surface area (Å²) < 4.78 is 68.4. The van der Waals surface area contributed by atoms with E-state index in [9.17, 15) is 43.2 Å². The molecule has 0 spiro atoms. The van der Waals surface area contributed by atoms with Crippen molar-refractivity contribution >= 4 is 39.5 Å². The van der Waals surface area contributed by atoms with Crippen LogP contribution < -0.4 is 0 Å². The first-order valence-electron chi connectivity index (χ1n) is 42.4. The normalized spacial score (nSPS) is 14.5. The van der Waals surface area contributed by atoms with Crippen LogP contribution in [0.25, 0.3) is 0 Å². The molecule has 0 heterocycles. The molecule has 7 atom stereocenters. The second-order valence-electron chi connectivity index (χ2n) is 30.5. The van der Waals surface area contributed by atoms with Gasteiger partial charge < -0.3 is 33.8 Å². The lowest BCUT2D eigenvalue weighted by Crippen LogP contribution is -2.30. The SMILES string of the molecule is CCCCCCCC(=O)OC[C@H](COP(=O)(O)OC[C@H](O)COP(=O)(O)OC[C@@H](COC(=O)CCCCCCCCCCCCCCCCCCCCC(C)CC)OC(=O)CCCCCCCCCCCCCCCCCCCCC(C)CC)OC(=O)CCCCCCCCCCCC(C)C. The van der Waals surface area contributed by atoms with Crippen LogP contribution in [-0.4, -0.2) is 96.7 Å². The van der Waals surface area contributed by atoms with Crippen LogP contribution in [0.5, 0.6) is 0 Å². The fraction of sp³-hybridized carbons (Fsp3) is 0.951. The summed E-state index contributed by atoms with van der Waals surface area (Å²) in [5, 5.41) is 10.6. The fourth-order valence-corrected chi connectivity index (χ4v) is 14.2. The first-order chi connectivity index (χ1) is 48.8. The Bertz CT molecular complexity index is 1960. The topological polar surface area (TPSA) is 237 Å². The third kappa shape index (κ3) is 73.4. The minimum atomic E-state index is -4.96. The van der Waals surface area contributed by atoms with Gasteiger partial charge in [0.25, 0.3) is 0 Å². The van der Waals surface area contributed by atoms with E-state index in [0.29, 0.717) is 25.7 Å². The van der Waals surface area contributed by atoms with Gasteiger partial charge in [-0.3, -0.25) is 37.3 Å². The first-order valence-corrected chi connectivity index (χ1v) is 45.4. The Morgan fingerprint density at radius 2 is 0.505 bits per heavy atom. The molecule has 0 amide bonds. The average Bonchev–Trinajstić information content (AvgIpc) is 0.933. The number of ether oxygens (including phenoxy) is 4. The number of aliphatic hydroxyl groups is 1. The lowest BCUT2D eigenvalue weighted by atomic mass is 9.99. The van der Waals surface area contributed by atoms with Gasteiger partial charge >= 0.3 is 39.5 Å². The summed E-state index contributed by atoms with van der Waals surface area (Å²) in [7, 11) is -9.91. The minimum Gasteiger partial charge on any atom is -0.462 e. The predicted octanol–water partition coefficient (Wildman–Crippen LogP) is 24.5. The third-order valence-corrected chi connectivity index (χ3v) is 21.8. The molecule has 0 aliphatic rings. The molecule has 0 aliphatic carbocycles. The van der Waals surface area contributed by atoms with Gasteiger partial charge in [-0.05, 0) is 43.4 Å². The van der Waals surface area contributed by atoms with Crippen LogP contribution in [0.2, 0.25) is 0 Å². The highest BCUT2D eigenvalue weighted by Crippen LogP contribution is 2.45. The molecule has 0 saturated carbocycles. The standard InChI is InChI=1S/C82H160O17P2/c1-8-11-12-46-56-63-79(84)92-69-77(98-82(87)66-59-52-45-39-33-34-40-47-53-60-73(4)5)71-96-100(88,89)94-67-76(83)68-95-101(90,91)97-72-78(99-81(86)65-58-51-44-38-32-28-24-20-16-14-18-22-26-30-36-42-49-55-62-75(7)10-3)70-93-80(85)64-57-50-43-37-31-27-23-19-15-13-17-21-25-29-35-41-48-54-61-74(6)9-2/h73-78,83H,8-72H2,1-7H3,(H,88,89)(H,90,91)/t74?,75?,76-,77+,78+/m0/s1. The van der Waals surface area contributed by atoms with Crippen LogP contribution in [0.15, 0.2) is 0 Å². The van der Waals surface area contributed by atoms with E-state index in [1.807, 2.05) is 0 Å². The maximum absolute atomic E-state index is 13.1. The van der Waals surface area contributed by atoms with Crippen molar-refractivity contribution in [2.24, 2.45) is 17.8 Å². The monoisotopic (exact) mass is 1480 g/mol. The van der Waals surface area contributed by atoms with Crippen LogP contribution in [0.4, 0.5) is 0 Å². The van der Waals surface area contributed by atoms with Crippen molar-refractivity contribution in [2.75, 3.05) is 39.6 Å². The Morgan fingerprint density at radius 1 is 0.287 bits per heavy atom. The molecule has 0 radical (unpaired) electrons. The molecule has 600 valence electrons. The van der Waals surface area contributed by atoms with Crippen molar-refractivity contribution in [2.45, 2.75) is 446 Å². The van der Waals surface area contributed by atoms with Crippen LogP contribution in [0, 0.1) is 17.8 Å². The van der Waals surface area contributed by atoms with E-state index < -0.39 is 97.5 Å². The second-order valence-corrected chi connectivity index (χ2v) is 33.4. The zero-order chi connectivity index (χ0) is 74.4. The summed E-state index contributed by atoms with van der Waals surface area (Å²) in [6.07, 6.45) is 61.6. The molecule has 0 fully saturated rings. The van der Waals surface area contributed by atoms with E-state index in [1.165, 1.54) is 231 Å². The summed E-state index contributed by atoms with van der Waals surface area (Å²) in [4.78, 5) is 72.7. The van der Waals surface area contributed by atoms with Crippen LogP contribution in [0.3, 0.4) is 0 Å². The van der Waals surface area contributed by atoms with Gasteiger partial charge in [0, 0.05) is 25.7 Å². The van der Waals surface area contributed by atoms with Gasteiger partial charge in [0.15, 0.2) is 12.2 Å². The van der Waals surface area contributed by atoms with Crippen molar-refractivity contribution in [1.82, 2.24) is 0 Å². The van der Waals surface area contributed by atoms with Crippen LogP contribution in [0.1, 0.15) is 427 Å². The van der Waals surface area contributed by atoms with Gasteiger partial charge in [0.1, 0.15) is 19.3 Å². The Kier molecular flexibility index (Phi) is 70.9. The molecule has 0 aromatic carbocycles. The molecule has 0 aromatic rings. The van der Waals surface area contributed by atoms with Crippen molar-refractivity contribution in [3.05, 3.63) is 0 Å². The summed E-state index contributed by atoms with van der Waals surface area (Å²) in [5.74, 6) is 0.358. The van der Waals surface area contributed by atoms with Crippen molar-refractivity contribution in [1.29, 1.82) is 0 Å². The lowest BCUT2D eigenvalue weighted by Gasteiger charge is -2.21. The van der Waals surface area contributed by atoms with E-state index in [4.69, 9.17) is 37.0 Å². The molecule has 19 heteroatoms. The van der Waals surface area contributed by atoms with Crippen molar-refractivity contribution < 1.29 is 80.2 Å². The van der Waals surface area contributed by atoms with Crippen molar-refractivity contribution in [3.63, 3.8) is 0 Å². The third-order valence-electron chi connectivity index (χ3n) is 19.9. The summed E-state index contributed by atoms with van der Waals surface area (Å²) >= 11 is 0. The quantitative estimate of drug-likeness (QED) is 0.0222. The van der Waals surface area contributed by atoms with E-state index >= 15 is 0 Å². The highest BCUT2D eigenvalue weighted by Gasteiger charge is 2.30. The largest absolute Gasteiger partial charge is 0.472 e. The zero-order valence-electron chi connectivity index (χ0n) is 66.4. The van der Waals surface area contributed by atoms with Crippen LogP contribution >= 0.6 is 15.6 Å². The lowest BCUT2D eigenvalue weighted by molar-refractivity contribution is -0.161. The summed E-state index contributed by atoms with van der Waals surface area (Å²) in [6, 6.07) is 0. The Balaban J connectivity index is 5.10. The van der Waals surface area contributed by atoms with E-state index in [1.54, 1.807) is 0 Å². The van der Waals surface area contributed by atoms with Gasteiger partial charge in [0.2, 0.25) is 0 Å². The van der Waals surface area contributed by atoms with Crippen molar-refractivity contribution in [3.8, 4) is 0 Å². The number of unbranched alkanes of at least 4 members (excludes halogenated alkanes) is 46. The highest BCUT2D eigenvalue weighted by molar-refractivity contribution is 7.47. The summed E-state index contributed by atoms with van der Waals surface area (Å²) in [5.41, 5.74) is 0. The molecule has 3 N–H and O–H groups in total.